The van der Waals surface area contributed by atoms with Gasteiger partial charge in [-0.25, -0.2) is 0 Å². The van der Waals surface area contributed by atoms with E-state index in [1.54, 1.807) is 0 Å². The van der Waals surface area contributed by atoms with Gasteiger partial charge in [-0.05, 0) is 24.6 Å². The Bertz CT molecular complexity index is 310. The first-order chi connectivity index (χ1) is 6.31. The minimum Gasteiger partial charge on any atom is -0.493 e. The molecule has 3 heteroatoms. The van der Waals surface area contributed by atoms with Gasteiger partial charge in [0.25, 0.3) is 0 Å². The van der Waals surface area contributed by atoms with Crippen molar-refractivity contribution in [1.82, 2.24) is 0 Å². The minimum absolute atomic E-state index is 0.222. The first kappa shape index (κ1) is 9.03. The molecular weight excluding hydrogens is 232 g/mol. The summed E-state index contributed by atoms with van der Waals surface area (Å²) in [5.41, 5.74) is 1.21. The van der Waals surface area contributed by atoms with Crippen LogP contribution in [-0.4, -0.2) is 18.3 Å². The van der Waals surface area contributed by atoms with Gasteiger partial charge in [0.1, 0.15) is 5.75 Å². The van der Waals surface area contributed by atoms with E-state index in [0.717, 1.165) is 16.6 Å². The average molecular weight is 243 g/mol. The van der Waals surface area contributed by atoms with Crippen LogP contribution in [0.4, 0.5) is 0 Å². The summed E-state index contributed by atoms with van der Waals surface area (Å²) in [4.78, 5) is 0. The van der Waals surface area contributed by atoms with Crippen LogP contribution in [0.2, 0.25) is 0 Å². The molecule has 1 atom stereocenters. The van der Waals surface area contributed by atoms with Crippen LogP contribution in [0.3, 0.4) is 0 Å². The molecule has 13 heavy (non-hydrogen) atoms. The first-order valence-electron chi connectivity index (χ1n) is 4.34. The highest BCUT2D eigenvalue weighted by atomic mass is 79.9. The fraction of sp³-hybridized carbons (Fsp3) is 0.400. The van der Waals surface area contributed by atoms with Gasteiger partial charge in [-0.3, -0.25) is 0 Å². The van der Waals surface area contributed by atoms with Crippen LogP contribution >= 0.6 is 15.9 Å². The van der Waals surface area contributed by atoms with Gasteiger partial charge in [0.2, 0.25) is 0 Å². The number of aliphatic hydroxyl groups excluding tert-OH is 1. The molecule has 2 nitrogen and oxygen atoms in total. The van der Waals surface area contributed by atoms with E-state index in [1.807, 2.05) is 12.1 Å². The average Bonchev–Trinajstić information content (AvgIpc) is 2.49. The summed E-state index contributed by atoms with van der Waals surface area (Å²) in [6.07, 6.45) is 0.781. The Morgan fingerprint density at radius 3 is 3.15 bits per heavy atom. The second kappa shape index (κ2) is 3.68. The molecule has 0 aromatic heterocycles. The third-order valence-corrected chi connectivity index (χ3v) is 2.82. The predicted octanol–water partition coefficient (Wildman–Crippen LogP) is 2.31. The van der Waals surface area contributed by atoms with Gasteiger partial charge in [-0.15, -0.1) is 0 Å². The van der Waals surface area contributed by atoms with Crippen LogP contribution < -0.4 is 4.74 Å². The van der Waals surface area contributed by atoms with Gasteiger partial charge < -0.3 is 9.84 Å². The molecule has 0 amide bonds. The summed E-state index contributed by atoms with van der Waals surface area (Å²) in [7, 11) is 0. The number of hydrogen-bond acceptors (Lipinski definition) is 2. The van der Waals surface area contributed by atoms with Crippen molar-refractivity contribution in [2.75, 3.05) is 13.2 Å². The van der Waals surface area contributed by atoms with Gasteiger partial charge in [-0.1, -0.05) is 15.9 Å². The maximum Gasteiger partial charge on any atom is 0.123 e. The molecule has 1 unspecified atom stereocenters. The fourth-order valence-corrected chi connectivity index (χ4v) is 2.02. The third-order valence-electron chi connectivity index (χ3n) is 2.33. The zero-order valence-corrected chi connectivity index (χ0v) is 8.75. The second-order valence-electron chi connectivity index (χ2n) is 3.20. The van der Waals surface area contributed by atoms with Crippen LogP contribution in [0.1, 0.15) is 17.9 Å². The van der Waals surface area contributed by atoms with Crippen molar-refractivity contribution >= 4 is 15.9 Å². The summed E-state index contributed by atoms with van der Waals surface area (Å²) in [6.45, 7) is 0.923. The van der Waals surface area contributed by atoms with E-state index >= 15 is 0 Å². The van der Waals surface area contributed by atoms with Gasteiger partial charge in [-0.2, -0.15) is 0 Å². The normalized spacial score (nSPS) is 19.7. The van der Waals surface area contributed by atoms with Crippen molar-refractivity contribution < 1.29 is 9.84 Å². The topological polar surface area (TPSA) is 29.5 Å². The largest absolute Gasteiger partial charge is 0.493 e. The number of ether oxygens (including phenoxy) is 1. The van der Waals surface area contributed by atoms with Crippen LogP contribution in [-0.2, 0) is 0 Å². The smallest absolute Gasteiger partial charge is 0.123 e. The number of halogens is 1. The summed E-state index contributed by atoms with van der Waals surface area (Å²) in [5.74, 6) is 1.32. The van der Waals surface area contributed by atoms with Crippen LogP contribution in [0.15, 0.2) is 22.7 Å². The molecule has 0 radical (unpaired) electrons. The maximum atomic E-state index is 8.85. The molecule has 0 saturated heterocycles. The Morgan fingerprint density at radius 1 is 1.54 bits per heavy atom. The zero-order valence-electron chi connectivity index (χ0n) is 7.16. The molecule has 1 aromatic carbocycles. The molecule has 1 aliphatic rings. The highest BCUT2D eigenvalue weighted by molar-refractivity contribution is 9.10. The predicted molar refractivity (Wildman–Crippen MR) is 54.1 cm³/mol. The van der Waals surface area contributed by atoms with Crippen molar-refractivity contribution in [1.29, 1.82) is 0 Å². The van der Waals surface area contributed by atoms with Crippen molar-refractivity contribution in [2.24, 2.45) is 0 Å². The SMILES string of the molecule is OCCC1COc2ccc(Br)cc21. The fourth-order valence-electron chi connectivity index (χ4n) is 1.64. The third kappa shape index (κ3) is 1.71. The Morgan fingerprint density at radius 2 is 2.38 bits per heavy atom. The van der Waals surface area contributed by atoms with Crippen LogP contribution in [0, 0.1) is 0 Å². The molecule has 0 spiro atoms. The monoisotopic (exact) mass is 242 g/mol. The van der Waals surface area contributed by atoms with E-state index in [2.05, 4.69) is 22.0 Å². The van der Waals surface area contributed by atoms with Crippen LogP contribution in [0.5, 0.6) is 5.75 Å². The quantitative estimate of drug-likeness (QED) is 0.863. The lowest BCUT2D eigenvalue weighted by Gasteiger charge is -2.05. The highest BCUT2D eigenvalue weighted by Crippen LogP contribution is 2.37. The second-order valence-corrected chi connectivity index (χ2v) is 4.12. The molecular formula is C10H11BrO2. The number of benzene rings is 1. The number of rotatable bonds is 2. The maximum absolute atomic E-state index is 8.85. The summed E-state index contributed by atoms with van der Waals surface area (Å²) < 4.78 is 6.56. The Hall–Kier alpha value is -0.540. The summed E-state index contributed by atoms with van der Waals surface area (Å²) in [5, 5.41) is 8.85. The minimum atomic E-state index is 0.222. The Balaban J connectivity index is 2.29. The summed E-state index contributed by atoms with van der Waals surface area (Å²) in [6, 6.07) is 6.01. The standard InChI is InChI=1S/C10H11BrO2/c11-8-1-2-10-9(5-8)7(3-4-12)6-13-10/h1-2,5,7,12H,3-4,6H2. The zero-order chi connectivity index (χ0) is 9.26. The van der Waals surface area contributed by atoms with E-state index in [0.29, 0.717) is 12.5 Å². The van der Waals surface area contributed by atoms with Gasteiger partial charge >= 0.3 is 0 Å². The van der Waals surface area contributed by atoms with E-state index in [9.17, 15) is 0 Å². The Kier molecular flexibility index (Phi) is 2.56. The van der Waals surface area contributed by atoms with Crippen molar-refractivity contribution in [3.05, 3.63) is 28.2 Å². The molecule has 1 aliphatic heterocycles. The molecule has 70 valence electrons. The van der Waals surface area contributed by atoms with Crippen molar-refractivity contribution in [2.45, 2.75) is 12.3 Å². The molecule has 0 saturated carbocycles. The van der Waals surface area contributed by atoms with Gasteiger partial charge in [0.15, 0.2) is 0 Å². The van der Waals surface area contributed by atoms with E-state index in [-0.39, 0.29) is 6.61 Å². The molecule has 2 rings (SSSR count). The molecule has 0 bridgehead atoms. The molecule has 1 heterocycles. The van der Waals surface area contributed by atoms with Gasteiger partial charge in [0, 0.05) is 22.6 Å². The number of aliphatic hydroxyl groups is 1. The number of hydrogen-bond donors (Lipinski definition) is 1. The van der Waals surface area contributed by atoms with E-state index < -0.39 is 0 Å². The lowest BCUT2D eigenvalue weighted by Crippen LogP contribution is -2.02. The first-order valence-corrected chi connectivity index (χ1v) is 5.13. The number of fused-ring (bicyclic) bond motifs is 1. The van der Waals surface area contributed by atoms with Crippen LogP contribution in [0.25, 0.3) is 0 Å². The lowest BCUT2D eigenvalue weighted by atomic mass is 9.99. The van der Waals surface area contributed by atoms with Crippen molar-refractivity contribution in [3.63, 3.8) is 0 Å². The highest BCUT2D eigenvalue weighted by Gasteiger charge is 2.23. The molecule has 0 fully saturated rings. The van der Waals surface area contributed by atoms with Crippen molar-refractivity contribution in [3.8, 4) is 5.75 Å². The molecule has 0 aliphatic carbocycles. The lowest BCUT2D eigenvalue weighted by molar-refractivity contribution is 0.254. The van der Waals surface area contributed by atoms with Gasteiger partial charge in [0.05, 0.1) is 6.61 Å². The van der Waals surface area contributed by atoms with E-state index in [1.165, 1.54) is 5.56 Å². The summed E-state index contributed by atoms with van der Waals surface area (Å²) >= 11 is 3.43. The van der Waals surface area contributed by atoms with E-state index in [4.69, 9.17) is 9.84 Å². The molecule has 1 N–H and O–H groups in total. The Labute approximate surface area is 85.7 Å². The molecule has 1 aromatic rings.